The molecular weight excluding hydrogens is 267 g/mol. The van der Waals surface area contributed by atoms with E-state index in [1.165, 1.54) is 13.3 Å². The first-order valence-electron chi connectivity index (χ1n) is 4.78. The monoisotopic (exact) mass is 275 g/mol. The van der Waals surface area contributed by atoms with E-state index in [4.69, 9.17) is 18.0 Å². The molecule has 0 bridgehead atoms. The van der Waals surface area contributed by atoms with Crippen molar-refractivity contribution in [2.24, 2.45) is 5.73 Å². The van der Waals surface area contributed by atoms with Gasteiger partial charge in [0.25, 0.3) is 0 Å². The molecule has 0 amide bonds. The number of thiocarbonyl (C=S) groups is 1. The fraction of sp³-hybridized carbons (Fsp3) is 0.222. The van der Waals surface area contributed by atoms with Gasteiger partial charge in [0.1, 0.15) is 16.4 Å². The molecule has 0 aliphatic rings. The van der Waals surface area contributed by atoms with Crippen LogP contribution in [-0.4, -0.2) is 24.7 Å². The zero-order chi connectivity index (χ0) is 13.5. The van der Waals surface area contributed by atoms with Crippen molar-refractivity contribution in [3.8, 4) is 5.82 Å². The summed E-state index contributed by atoms with van der Waals surface area (Å²) in [5.74, 6) is -0.0667. The van der Waals surface area contributed by atoms with Crippen LogP contribution < -0.4 is 5.73 Å². The SMILES string of the molecule is Cc1cc(C(F)(F)F)n(-c2nc[nH]c2C(N)=S)n1. The van der Waals surface area contributed by atoms with Gasteiger partial charge in [0.05, 0.1) is 12.0 Å². The summed E-state index contributed by atoms with van der Waals surface area (Å²) in [6.45, 7) is 1.46. The number of aromatic amines is 1. The summed E-state index contributed by atoms with van der Waals surface area (Å²) in [6, 6.07) is 0.929. The number of rotatable bonds is 2. The molecule has 2 aromatic rings. The molecule has 0 aromatic carbocycles. The molecule has 0 aliphatic carbocycles. The minimum Gasteiger partial charge on any atom is -0.388 e. The second-order valence-electron chi connectivity index (χ2n) is 3.55. The van der Waals surface area contributed by atoms with Crippen LogP contribution in [-0.2, 0) is 6.18 Å². The second-order valence-corrected chi connectivity index (χ2v) is 3.99. The summed E-state index contributed by atoms with van der Waals surface area (Å²) in [4.78, 5) is 6.28. The van der Waals surface area contributed by atoms with Gasteiger partial charge in [-0.3, -0.25) is 0 Å². The number of halogens is 3. The highest BCUT2D eigenvalue weighted by Gasteiger charge is 2.36. The van der Waals surface area contributed by atoms with E-state index in [9.17, 15) is 13.2 Å². The van der Waals surface area contributed by atoms with Crippen LogP contribution in [0.1, 0.15) is 17.1 Å². The predicted octanol–water partition coefficient (Wildman–Crippen LogP) is 1.56. The number of nitrogens with one attached hydrogen (secondary N) is 1. The van der Waals surface area contributed by atoms with Gasteiger partial charge in [-0.25, -0.2) is 9.67 Å². The number of hydrogen-bond donors (Lipinski definition) is 2. The molecule has 96 valence electrons. The van der Waals surface area contributed by atoms with Crippen molar-refractivity contribution in [3.05, 3.63) is 29.5 Å². The highest BCUT2D eigenvalue weighted by molar-refractivity contribution is 7.80. The zero-order valence-electron chi connectivity index (χ0n) is 9.12. The summed E-state index contributed by atoms with van der Waals surface area (Å²) in [5, 5.41) is 3.76. The lowest BCUT2D eigenvalue weighted by molar-refractivity contribution is -0.142. The molecular formula is C9H8F3N5S. The molecule has 0 atom stereocenters. The van der Waals surface area contributed by atoms with Gasteiger partial charge in [-0.2, -0.15) is 18.3 Å². The van der Waals surface area contributed by atoms with Gasteiger partial charge in [0.15, 0.2) is 5.82 Å². The molecule has 2 aromatic heterocycles. The first-order valence-corrected chi connectivity index (χ1v) is 5.19. The number of aryl methyl sites for hydroxylation is 1. The number of nitrogens with two attached hydrogens (primary N) is 1. The maximum atomic E-state index is 12.8. The van der Waals surface area contributed by atoms with Crippen molar-refractivity contribution >= 4 is 17.2 Å². The number of aromatic nitrogens is 4. The fourth-order valence-corrected chi connectivity index (χ4v) is 1.64. The van der Waals surface area contributed by atoms with Crippen molar-refractivity contribution in [2.75, 3.05) is 0 Å². The third-order valence-electron chi connectivity index (χ3n) is 2.19. The molecule has 3 N–H and O–H groups in total. The minimum atomic E-state index is -4.53. The first-order chi connectivity index (χ1) is 8.30. The van der Waals surface area contributed by atoms with E-state index in [0.29, 0.717) is 4.68 Å². The van der Waals surface area contributed by atoms with E-state index in [2.05, 4.69) is 15.1 Å². The van der Waals surface area contributed by atoms with Crippen LogP contribution in [0.5, 0.6) is 0 Å². The Morgan fingerprint density at radius 3 is 2.72 bits per heavy atom. The molecule has 0 unspecified atom stereocenters. The number of nitrogens with zero attached hydrogens (tertiary/aromatic N) is 3. The van der Waals surface area contributed by atoms with Gasteiger partial charge in [-0.1, -0.05) is 12.2 Å². The molecule has 5 nitrogen and oxygen atoms in total. The lowest BCUT2D eigenvalue weighted by Crippen LogP contribution is -2.18. The maximum Gasteiger partial charge on any atom is 0.433 e. The smallest absolute Gasteiger partial charge is 0.388 e. The molecule has 2 rings (SSSR count). The fourth-order valence-electron chi connectivity index (χ4n) is 1.49. The van der Waals surface area contributed by atoms with Crippen molar-refractivity contribution in [1.29, 1.82) is 0 Å². The van der Waals surface area contributed by atoms with Crippen molar-refractivity contribution in [2.45, 2.75) is 13.1 Å². The number of imidazole rings is 1. The average molecular weight is 275 g/mol. The predicted molar refractivity (Wildman–Crippen MR) is 61.3 cm³/mol. The quantitative estimate of drug-likeness (QED) is 0.816. The summed E-state index contributed by atoms with van der Waals surface area (Å²) in [5.41, 5.74) is 4.83. The van der Waals surface area contributed by atoms with Crippen molar-refractivity contribution in [1.82, 2.24) is 19.7 Å². The van der Waals surface area contributed by atoms with Gasteiger partial charge in [-0.15, -0.1) is 0 Å². The van der Waals surface area contributed by atoms with Gasteiger partial charge >= 0.3 is 6.18 Å². The normalized spacial score (nSPS) is 11.8. The molecule has 0 aliphatic heterocycles. The number of H-pyrrole nitrogens is 1. The Kier molecular flexibility index (Phi) is 2.85. The maximum absolute atomic E-state index is 12.8. The van der Waals surface area contributed by atoms with E-state index >= 15 is 0 Å². The number of hydrogen-bond acceptors (Lipinski definition) is 3. The topological polar surface area (TPSA) is 72.5 Å². The summed E-state index contributed by atoms with van der Waals surface area (Å²) in [7, 11) is 0. The van der Waals surface area contributed by atoms with Crippen molar-refractivity contribution < 1.29 is 13.2 Å². The van der Waals surface area contributed by atoms with Crippen molar-refractivity contribution in [3.63, 3.8) is 0 Å². The van der Waals surface area contributed by atoms with Gasteiger partial charge < -0.3 is 10.7 Å². The molecule has 0 saturated carbocycles. The lowest BCUT2D eigenvalue weighted by Gasteiger charge is -2.09. The van der Waals surface area contributed by atoms with Crippen LogP contribution in [0.25, 0.3) is 5.82 Å². The zero-order valence-corrected chi connectivity index (χ0v) is 9.93. The first kappa shape index (κ1) is 12.6. The Balaban J connectivity index is 2.64. The van der Waals surface area contributed by atoms with E-state index in [1.54, 1.807) is 0 Å². The van der Waals surface area contributed by atoms with E-state index in [0.717, 1.165) is 6.07 Å². The lowest BCUT2D eigenvalue weighted by atomic mass is 10.3. The Hall–Kier alpha value is -1.90. The largest absolute Gasteiger partial charge is 0.433 e. The molecule has 0 radical (unpaired) electrons. The second kappa shape index (κ2) is 4.09. The Morgan fingerprint density at radius 1 is 1.50 bits per heavy atom. The van der Waals surface area contributed by atoms with E-state index < -0.39 is 11.9 Å². The van der Waals surface area contributed by atoms with Gasteiger partial charge in [0.2, 0.25) is 0 Å². The third kappa shape index (κ3) is 2.08. The molecule has 2 heterocycles. The standard InChI is InChI=1S/C9H8F3N5S/c1-4-2-5(9(10,11)12)17(16-4)8-6(7(13)18)14-3-15-8/h2-3H,1H3,(H2,13,18)(H,14,15). The van der Waals surface area contributed by atoms with E-state index in [1.807, 2.05) is 0 Å². The van der Waals surface area contributed by atoms with Gasteiger partial charge in [-0.05, 0) is 13.0 Å². The van der Waals surface area contributed by atoms with Crippen LogP contribution in [0, 0.1) is 6.92 Å². The molecule has 0 fully saturated rings. The number of alkyl halides is 3. The minimum absolute atomic E-state index is 0.0667. The van der Waals surface area contributed by atoms with Crippen LogP contribution in [0.15, 0.2) is 12.4 Å². The van der Waals surface area contributed by atoms with Crippen LogP contribution in [0.2, 0.25) is 0 Å². The highest BCUT2D eigenvalue weighted by atomic mass is 32.1. The third-order valence-corrected chi connectivity index (χ3v) is 2.39. The summed E-state index contributed by atoms with van der Waals surface area (Å²) >= 11 is 4.73. The molecule has 0 saturated heterocycles. The Morgan fingerprint density at radius 2 is 2.17 bits per heavy atom. The van der Waals surface area contributed by atoms with Gasteiger partial charge in [0, 0.05) is 0 Å². The highest BCUT2D eigenvalue weighted by Crippen LogP contribution is 2.31. The molecule has 9 heteroatoms. The summed E-state index contributed by atoms with van der Waals surface area (Å²) < 4.78 is 39.2. The Labute approximate surface area is 105 Å². The molecule has 0 spiro atoms. The average Bonchev–Trinajstić information content (AvgIpc) is 2.80. The van der Waals surface area contributed by atoms with Crippen LogP contribution >= 0.6 is 12.2 Å². The van der Waals surface area contributed by atoms with Crippen LogP contribution in [0.3, 0.4) is 0 Å². The van der Waals surface area contributed by atoms with E-state index in [-0.39, 0.29) is 22.2 Å². The summed E-state index contributed by atoms with van der Waals surface area (Å²) in [6.07, 6.45) is -3.32. The van der Waals surface area contributed by atoms with Crippen LogP contribution in [0.4, 0.5) is 13.2 Å². The molecule has 18 heavy (non-hydrogen) atoms. The Bertz CT molecular complexity index is 598.